The van der Waals surface area contributed by atoms with Gasteiger partial charge in [0.2, 0.25) is 0 Å². The molecular formula is C32H19NS2. The molecule has 35 heavy (non-hydrogen) atoms. The Bertz CT molecular complexity index is 2050. The van der Waals surface area contributed by atoms with Crippen molar-refractivity contribution in [1.29, 1.82) is 0 Å². The van der Waals surface area contributed by atoms with Crippen LogP contribution in [0.5, 0.6) is 0 Å². The molecular weight excluding hydrogens is 462 g/mol. The third kappa shape index (κ3) is 2.74. The number of benzene rings is 5. The lowest BCUT2D eigenvalue weighted by Crippen LogP contribution is -1.93. The van der Waals surface area contributed by atoms with E-state index in [0.29, 0.717) is 0 Å². The molecule has 3 aromatic heterocycles. The number of aromatic nitrogens is 1. The highest BCUT2D eigenvalue weighted by Crippen LogP contribution is 2.43. The summed E-state index contributed by atoms with van der Waals surface area (Å²) in [5, 5.41) is 5.33. The van der Waals surface area contributed by atoms with Gasteiger partial charge in [0.1, 0.15) is 0 Å². The maximum Gasteiger partial charge on any atom is 0.0727 e. The van der Waals surface area contributed by atoms with Gasteiger partial charge in [-0.25, -0.2) is 0 Å². The zero-order valence-corrected chi connectivity index (χ0v) is 20.4. The zero-order chi connectivity index (χ0) is 22.9. The lowest BCUT2D eigenvalue weighted by Gasteiger charge is -2.10. The van der Waals surface area contributed by atoms with Gasteiger partial charge in [-0.2, -0.15) is 0 Å². The lowest BCUT2D eigenvalue weighted by atomic mass is 10.0. The van der Waals surface area contributed by atoms with E-state index in [1.165, 1.54) is 68.2 Å². The average Bonchev–Trinajstić information content (AvgIpc) is 3.58. The number of fused-ring (bicyclic) bond motifs is 8. The molecule has 0 unspecified atom stereocenters. The molecule has 8 rings (SSSR count). The molecule has 0 radical (unpaired) electrons. The Morgan fingerprint density at radius 1 is 0.457 bits per heavy atom. The minimum atomic E-state index is 1.20. The molecule has 0 aliphatic rings. The van der Waals surface area contributed by atoms with E-state index in [1.54, 1.807) is 0 Å². The van der Waals surface area contributed by atoms with Gasteiger partial charge in [0.25, 0.3) is 0 Å². The summed E-state index contributed by atoms with van der Waals surface area (Å²) >= 11 is 3.78. The highest BCUT2D eigenvalue weighted by atomic mass is 32.1. The Balaban J connectivity index is 1.35. The van der Waals surface area contributed by atoms with Crippen LogP contribution in [-0.4, -0.2) is 4.57 Å². The first-order chi connectivity index (χ1) is 17.4. The van der Waals surface area contributed by atoms with Crippen molar-refractivity contribution in [2.24, 2.45) is 0 Å². The van der Waals surface area contributed by atoms with E-state index in [1.807, 2.05) is 22.7 Å². The molecule has 3 heteroatoms. The van der Waals surface area contributed by atoms with Crippen LogP contribution in [0.3, 0.4) is 0 Å². The van der Waals surface area contributed by atoms with E-state index in [-0.39, 0.29) is 0 Å². The first kappa shape index (κ1) is 19.4. The van der Waals surface area contributed by atoms with E-state index in [2.05, 4.69) is 120 Å². The standard InChI is InChI=1S/C32H19NS2/c1-4-13-27-25(9-1)32-30(26-10-3-6-15-29(26)35-32)33(27)21-18-16-20(17-19-21)22-11-7-12-24-23-8-2-5-14-28(23)34-31(22)24/h1-19H. The highest BCUT2D eigenvalue weighted by molar-refractivity contribution is 7.27. The van der Waals surface area contributed by atoms with Crippen molar-refractivity contribution in [3.8, 4) is 16.8 Å². The van der Waals surface area contributed by atoms with Crippen LogP contribution in [0.15, 0.2) is 115 Å². The van der Waals surface area contributed by atoms with Gasteiger partial charge in [0, 0.05) is 41.3 Å². The van der Waals surface area contributed by atoms with Crippen molar-refractivity contribution < 1.29 is 0 Å². The first-order valence-corrected chi connectivity index (χ1v) is 13.4. The molecule has 0 saturated heterocycles. The Morgan fingerprint density at radius 3 is 1.91 bits per heavy atom. The van der Waals surface area contributed by atoms with E-state index in [4.69, 9.17) is 0 Å². The number of para-hydroxylation sites is 1. The Labute approximate surface area is 210 Å². The van der Waals surface area contributed by atoms with Crippen LogP contribution >= 0.6 is 22.7 Å². The maximum atomic E-state index is 2.44. The Hall–Kier alpha value is -3.92. The molecule has 0 aliphatic carbocycles. The molecule has 0 bridgehead atoms. The van der Waals surface area contributed by atoms with Crippen LogP contribution in [0.4, 0.5) is 0 Å². The minimum Gasteiger partial charge on any atom is -0.308 e. The SMILES string of the molecule is c1ccc2c(c1)sc1c(-c3ccc(-n4c5ccccc5c5sc6ccccc6c54)cc3)cccc12. The molecule has 0 N–H and O–H groups in total. The molecule has 3 heterocycles. The van der Waals surface area contributed by atoms with Crippen molar-refractivity contribution in [2.75, 3.05) is 0 Å². The lowest BCUT2D eigenvalue weighted by molar-refractivity contribution is 1.19. The molecule has 8 aromatic rings. The van der Waals surface area contributed by atoms with Crippen LogP contribution in [0.2, 0.25) is 0 Å². The number of hydrogen-bond acceptors (Lipinski definition) is 2. The van der Waals surface area contributed by atoms with Crippen molar-refractivity contribution >= 4 is 74.1 Å². The average molecular weight is 482 g/mol. The fraction of sp³-hybridized carbons (Fsp3) is 0. The fourth-order valence-corrected chi connectivity index (χ4v) is 7.91. The largest absolute Gasteiger partial charge is 0.308 e. The highest BCUT2D eigenvalue weighted by Gasteiger charge is 2.17. The third-order valence-electron chi connectivity index (χ3n) is 7.02. The third-order valence-corrected chi connectivity index (χ3v) is 9.44. The second-order valence-corrected chi connectivity index (χ2v) is 11.1. The summed E-state index contributed by atoms with van der Waals surface area (Å²) in [5.74, 6) is 0. The molecule has 0 atom stereocenters. The number of nitrogens with zero attached hydrogens (tertiary/aromatic N) is 1. The molecule has 1 nitrogen and oxygen atoms in total. The number of hydrogen-bond donors (Lipinski definition) is 0. The van der Waals surface area contributed by atoms with Gasteiger partial charge < -0.3 is 4.57 Å². The summed E-state index contributed by atoms with van der Waals surface area (Å²) in [6.07, 6.45) is 0. The van der Waals surface area contributed by atoms with Gasteiger partial charge in [-0.3, -0.25) is 0 Å². The predicted molar refractivity (Wildman–Crippen MR) is 154 cm³/mol. The second kappa shape index (κ2) is 7.29. The summed E-state index contributed by atoms with van der Waals surface area (Å²) < 4.78 is 7.84. The monoisotopic (exact) mass is 481 g/mol. The van der Waals surface area contributed by atoms with Crippen LogP contribution in [-0.2, 0) is 0 Å². The number of rotatable bonds is 2. The first-order valence-electron chi connectivity index (χ1n) is 11.8. The predicted octanol–water partition coefficient (Wildman–Crippen LogP) is 10.0. The van der Waals surface area contributed by atoms with Gasteiger partial charge in [-0.1, -0.05) is 84.9 Å². The van der Waals surface area contributed by atoms with Crippen LogP contribution in [0, 0.1) is 0 Å². The molecule has 0 spiro atoms. The van der Waals surface area contributed by atoms with Crippen LogP contribution in [0.1, 0.15) is 0 Å². The van der Waals surface area contributed by atoms with Gasteiger partial charge in [-0.05, 0) is 41.5 Å². The van der Waals surface area contributed by atoms with Crippen LogP contribution in [0.25, 0.3) is 68.2 Å². The smallest absolute Gasteiger partial charge is 0.0727 e. The van der Waals surface area contributed by atoms with Crippen molar-refractivity contribution in [1.82, 2.24) is 4.57 Å². The van der Waals surface area contributed by atoms with Crippen molar-refractivity contribution in [2.45, 2.75) is 0 Å². The fourth-order valence-electron chi connectivity index (χ4n) is 5.45. The summed E-state index contributed by atoms with van der Waals surface area (Å²) in [7, 11) is 0. The molecule has 0 saturated carbocycles. The van der Waals surface area contributed by atoms with Crippen molar-refractivity contribution in [3.63, 3.8) is 0 Å². The summed E-state index contributed by atoms with van der Waals surface area (Å²) in [5.41, 5.74) is 6.34. The topological polar surface area (TPSA) is 4.93 Å². The van der Waals surface area contributed by atoms with E-state index < -0.39 is 0 Å². The number of thiophene rings is 2. The normalized spacial score (nSPS) is 12.0. The van der Waals surface area contributed by atoms with Gasteiger partial charge in [0.05, 0.1) is 15.7 Å². The maximum absolute atomic E-state index is 2.44. The Morgan fingerprint density at radius 2 is 1.09 bits per heavy atom. The summed E-state index contributed by atoms with van der Waals surface area (Å²) in [6, 6.07) is 42.0. The van der Waals surface area contributed by atoms with Gasteiger partial charge in [0.15, 0.2) is 0 Å². The molecule has 0 amide bonds. The second-order valence-electron chi connectivity index (χ2n) is 8.96. The zero-order valence-electron chi connectivity index (χ0n) is 18.7. The van der Waals surface area contributed by atoms with E-state index in [9.17, 15) is 0 Å². The summed E-state index contributed by atoms with van der Waals surface area (Å²) in [4.78, 5) is 0. The van der Waals surface area contributed by atoms with Crippen LogP contribution < -0.4 is 0 Å². The minimum absolute atomic E-state index is 1.20. The van der Waals surface area contributed by atoms with E-state index in [0.717, 1.165) is 0 Å². The molecule has 0 aliphatic heterocycles. The molecule has 0 fully saturated rings. The van der Waals surface area contributed by atoms with Gasteiger partial charge >= 0.3 is 0 Å². The van der Waals surface area contributed by atoms with Gasteiger partial charge in [-0.15, -0.1) is 22.7 Å². The Kier molecular flexibility index (Phi) is 4.04. The van der Waals surface area contributed by atoms with Crippen molar-refractivity contribution in [3.05, 3.63) is 115 Å². The molecule has 5 aromatic carbocycles. The van der Waals surface area contributed by atoms with E-state index >= 15 is 0 Å². The molecule has 164 valence electrons. The summed E-state index contributed by atoms with van der Waals surface area (Å²) in [6.45, 7) is 0. The quantitative estimate of drug-likeness (QED) is 0.231.